The maximum Gasteiger partial charge on any atom is 0.336 e. The maximum atomic E-state index is 12.2. The molecule has 0 N–H and O–H groups in total. The average Bonchev–Trinajstić information content (AvgIpc) is 3.29. The predicted molar refractivity (Wildman–Crippen MR) is 108 cm³/mol. The molecular formula is C23H22N2O2. The third-order valence-electron chi connectivity index (χ3n) is 5.78. The summed E-state index contributed by atoms with van der Waals surface area (Å²) in [6.45, 7) is 1.80. The van der Waals surface area contributed by atoms with Crippen LogP contribution in [0, 0.1) is 0 Å². The number of aryl methyl sites for hydroxylation is 1. The zero-order valence-electron chi connectivity index (χ0n) is 15.4. The van der Waals surface area contributed by atoms with Crippen molar-refractivity contribution in [1.29, 1.82) is 0 Å². The molecule has 0 spiro atoms. The molecule has 0 amide bonds. The van der Waals surface area contributed by atoms with Gasteiger partial charge in [0.1, 0.15) is 5.58 Å². The SMILES string of the molecule is Cn1cccc1[C@@H]1CCCN1Cc1cc(=O)oc2ccc3ccccc3c12. The Kier molecular flexibility index (Phi) is 3.87. The molecule has 3 heterocycles. The summed E-state index contributed by atoms with van der Waals surface area (Å²) in [7, 11) is 2.10. The van der Waals surface area contributed by atoms with Crippen molar-refractivity contribution in [1.82, 2.24) is 9.47 Å². The van der Waals surface area contributed by atoms with Gasteiger partial charge >= 0.3 is 5.63 Å². The molecule has 0 bridgehead atoms. The van der Waals surface area contributed by atoms with Crippen molar-refractivity contribution in [3.8, 4) is 0 Å². The lowest BCUT2D eigenvalue weighted by atomic mass is 10.0. The summed E-state index contributed by atoms with van der Waals surface area (Å²) >= 11 is 0. The van der Waals surface area contributed by atoms with Crippen LogP contribution in [-0.2, 0) is 13.6 Å². The molecule has 27 heavy (non-hydrogen) atoms. The average molecular weight is 358 g/mol. The lowest BCUT2D eigenvalue weighted by Gasteiger charge is -2.25. The van der Waals surface area contributed by atoms with Gasteiger partial charge in [-0.25, -0.2) is 4.79 Å². The van der Waals surface area contributed by atoms with Crippen LogP contribution >= 0.6 is 0 Å². The van der Waals surface area contributed by atoms with Gasteiger partial charge in [0.15, 0.2) is 0 Å². The van der Waals surface area contributed by atoms with Crippen LogP contribution in [0.25, 0.3) is 21.7 Å². The minimum Gasteiger partial charge on any atom is -0.423 e. The molecule has 0 radical (unpaired) electrons. The lowest BCUT2D eigenvalue weighted by Crippen LogP contribution is -2.24. The molecule has 1 saturated heterocycles. The lowest BCUT2D eigenvalue weighted by molar-refractivity contribution is 0.241. The molecule has 5 rings (SSSR count). The van der Waals surface area contributed by atoms with Crippen molar-refractivity contribution in [2.45, 2.75) is 25.4 Å². The van der Waals surface area contributed by atoms with Crippen LogP contribution in [0.2, 0.25) is 0 Å². The second-order valence-electron chi connectivity index (χ2n) is 7.42. The maximum absolute atomic E-state index is 12.2. The topological polar surface area (TPSA) is 38.4 Å². The first-order valence-electron chi connectivity index (χ1n) is 9.50. The highest BCUT2D eigenvalue weighted by Crippen LogP contribution is 2.35. The fourth-order valence-electron chi connectivity index (χ4n) is 4.53. The summed E-state index contributed by atoms with van der Waals surface area (Å²) in [5.74, 6) is 0. The molecule has 1 aliphatic heterocycles. The number of hydrogen-bond donors (Lipinski definition) is 0. The number of nitrogens with zero attached hydrogens (tertiary/aromatic N) is 2. The molecule has 4 nitrogen and oxygen atoms in total. The van der Waals surface area contributed by atoms with Crippen LogP contribution in [0.15, 0.2) is 70.0 Å². The number of likely N-dealkylation sites (tertiary alicyclic amines) is 1. The quantitative estimate of drug-likeness (QED) is 0.396. The largest absolute Gasteiger partial charge is 0.423 e. The van der Waals surface area contributed by atoms with Gasteiger partial charge in [-0.2, -0.15) is 0 Å². The fraction of sp³-hybridized carbons (Fsp3) is 0.261. The van der Waals surface area contributed by atoms with Crippen LogP contribution in [0.5, 0.6) is 0 Å². The molecule has 0 saturated carbocycles. The van der Waals surface area contributed by atoms with E-state index >= 15 is 0 Å². The van der Waals surface area contributed by atoms with Crippen molar-refractivity contribution in [3.63, 3.8) is 0 Å². The highest BCUT2D eigenvalue weighted by atomic mass is 16.4. The third kappa shape index (κ3) is 2.77. The molecule has 1 fully saturated rings. The predicted octanol–water partition coefficient (Wildman–Crippen LogP) is 4.62. The van der Waals surface area contributed by atoms with E-state index in [0.29, 0.717) is 11.6 Å². The molecule has 4 aromatic rings. The number of benzene rings is 2. The first-order chi connectivity index (χ1) is 13.2. The highest BCUT2D eigenvalue weighted by molar-refractivity contribution is 6.07. The van der Waals surface area contributed by atoms with E-state index in [1.54, 1.807) is 6.07 Å². The van der Waals surface area contributed by atoms with E-state index in [2.05, 4.69) is 47.0 Å². The first kappa shape index (κ1) is 16.3. The van der Waals surface area contributed by atoms with Gasteiger partial charge in [-0.15, -0.1) is 0 Å². The number of aromatic nitrogens is 1. The Labute approximate surface area is 157 Å². The molecule has 2 aromatic heterocycles. The molecule has 136 valence electrons. The van der Waals surface area contributed by atoms with E-state index in [-0.39, 0.29) is 5.63 Å². The van der Waals surface area contributed by atoms with Crippen molar-refractivity contribution in [3.05, 3.63) is 82.5 Å². The Morgan fingerprint density at radius 3 is 2.85 bits per heavy atom. The standard InChI is InChI=1S/C23H22N2O2/c1-24-12-4-8-19(24)20-9-5-13-25(20)15-17-14-22(26)27-21-11-10-16-6-2-3-7-18(16)23(17)21/h2-4,6-8,10-12,14,20H,5,9,13,15H2,1H3/t20-/m0/s1. The van der Waals surface area contributed by atoms with E-state index in [1.807, 2.05) is 24.3 Å². The van der Waals surface area contributed by atoms with Crippen LogP contribution in [0.4, 0.5) is 0 Å². The first-order valence-corrected chi connectivity index (χ1v) is 9.50. The van der Waals surface area contributed by atoms with Gasteiger partial charge in [0.05, 0.1) is 6.04 Å². The van der Waals surface area contributed by atoms with Gasteiger partial charge in [-0.05, 0) is 53.9 Å². The molecular weight excluding hydrogens is 336 g/mol. The van der Waals surface area contributed by atoms with Crippen LogP contribution < -0.4 is 5.63 Å². The monoisotopic (exact) mass is 358 g/mol. The van der Waals surface area contributed by atoms with Gasteiger partial charge < -0.3 is 8.98 Å². The zero-order chi connectivity index (χ0) is 18.4. The molecule has 1 atom stereocenters. The Morgan fingerprint density at radius 1 is 1.11 bits per heavy atom. The molecule has 2 aromatic carbocycles. The van der Waals surface area contributed by atoms with E-state index < -0.39 is 0 Å². The van der Waals surface area contributed by atoms with Crippen molar-refractivity contribution in [2.24, 2.45) is 7.05 Å². The second kappa shape index (κ2) is 6.39. The molecule has 1 aliphatic rings. The molecule has 4 heteroatoms. The van der Waals surface area contributed by atoms with Gasteiger partial charge in [-0.1, -0.05) is 30.3 Å². The Hall–Kier alpha value is -2.85. The normalized spacial score (nSPS) is 17.9. The summed E-state index contributed by atoms with van der Waals surface area (Å²) in [6.07, 6.45) is 4.43. The number of hydrogen-bond acceptors (Lipinski definition) is 3. The minimum absolute atomic E-state index is 0.276. The van der Waals surface area contributed by atoms with E-state index in [0.717, 1.165) is 35.8 Å². The van der Waals surface area contributed by atoms with Gasteiger partial charge in [0.25, 0.3) is 0 Å². The molecule has 0 unspecified atom stereocenters. The number of rotatable bonds is 3. The summed E-state index contributed by atoms with van der Waals surface area (Å²) < 4.78 is 7.72. The Bertz CT molecular complexity index is 1190. The minimum atomic E-state index is -0.276. The van der Waals surface area contributed by atoms with E-state index in [4.69, 9.17) is 4.42 Å². The Morgan fingerprint density at radius 2 is 2.00 bits per heavy atom. The highest BCUT2D eigenvalue weighted by Gasteiger charge is 2.28. The van der Waals surface area contributed by atoms with Crippen molar-refractivity contribution in [2.75, 3.05) is 6.54 Å². The number of fused-ring (bicyclic) bond motifs is 3. The third-order valence-corrected chi connectivity index (χ3v) is 5.78. The van der Waals surface area contributed by atoms with Crippen molar-refractivity contribution < 1.29 is 4.42 Å². The molecule has 0 aliphatic carbocycles. The van der Waals surface area contributed by atoms with E-state index in [9.17, 15) is 4.79 Å². The Balaban J connectivity index is 1.63. The van der Waals surface area contributed by atoms with Crippen LogP contribution in [-0.4, -0.2) is 16.0 Å². The summed E-state index contributed by atoms with van der Waals surface area (Å²) in [5.41, 5.74) is 2.79. The van der Waals surface area contributed by atoms with Gasteiger partial charge in [0, 0.05) is 36.9 Å². The summed E-state index contributed by atoms with van der Waals surface area (Å²) in [5, 5.41) is 3.37. The summed E-state index contributed by atoms with van der Waals surface area (Å²) in [4.78, 5) is 14.7. The van der Waals surface area contributed by atoms with E-state index in [1.165, 1.54) is 17.5 Å². The fourth-order valence-corrected chi connectivity index (χ4v) is 4.53. The smallest absolute Gasteiger partial charge is 0.336 e. The van der Waals surface area contributed by atoms with Gasteiger partial charge in [-0.3, -0.25) is 4.90 Å². The van der Waals surface area contributed by atoms with Crippen molar-refractivity contribution >= 4 is 21.7 Å². The zero-order valence-corrected chi connectivity index (χ0v) is 15.4. The second-order valence-corrected chi connectivity index (χ2v) is 7.42. The van der Waals surface area contributed by atoms with Crippen LogP contribution in [0.3, 0.4) is 0 Å². The van der Waals surface area contributed by atoms with Crippen LogP contribution in [0.1, 0.15) is 30.1 Å². The van der Waals surface area contributed by atoms with Gasteiger partial charge in [0.2, 0.25) is 0 Å². The summed E-state index contributed by atoms with van der Waals surface area (Å²) in [6, 6.07) is 18.6.